The minimum atomic E-state index is -3.80. The second-order valence-corrected chi connectivity index (χ2v) is 13.9. The van der Waals surface area contributed by atoms with Gasteiger partial charge in [-0.2, -0.15) is 0 Å². The van der Waals surface area contributed by atoms with E-state index in [0.29, 0.717) is 22.8 Å². The maximum absolute atomic E-state index is 13.1. The Morgan fingerprint density at radius 3 is 2.62 bits per heavy atom. The molecule has 2 fully saturated rings. The van der Waals surface area contributed by atoms with Gasteiger partial charge in [-0.25, -0.2) is 13.6 Å². The van der Waals surface area contributed by atoms with E-state index in [2.05, 4.69) is 22.8 Å². The van der Waals surface area contributed by atoms with Gasteiger partial charge in [-0.05, 0) is 72.7 Å². The highest BCUT2D eigenvalue weighted by Gasteiger charge is 2.55. The van der Waals surface area contributed by atoms with E-state index in [-0.39, 0.29) is 28.1 Å². The van der Waals surface area contributed by atoms with Crippen molar-refractivity contribution in [3.05, 3.63) is 61.2 Å². The van der Waals surface area contributed by atoms with Crippen molar-refractivity contribution >= 4 is 56.1 Å². The Hall–Kier alpha value is -1.92. The third kappa shape index (κ3) is 3.78. The molecule has 6 rings (SSSR count). The molecule has 2 aromatic heterocycles. The maximum atomic E-state index is 13.1. The second kappa shape index (κ2) is 8.34. The molecule has 0 radical (unpaired) electrons. The van der Waals surface area contributed by atoms with Crippen LogP contribution in [-0.2, 0) is 21.4 Å². The molecule has 1 amide bonds. The van der Waals surface area contributed by atoms with Crippen molar-refractivity contribution in [3.63, 3.8) is 0 Å². The van der Waals surface area contributed by atoms with Crippen molar-refractivity contribution < 1.29 is 13.2 Å². The average molecular weight is 534 g/mol. The van der Waals surface area contributed by atoms with Crippen LogP contribution in [0.1, 0.15) is 34.9 Å². The van der Waals surface area contributed by atoms with Crippen LogP contribution in [0.3, 0.4) is 0 Å². The topological polar surface area (TPSA) is 111 Å². The number of benzene rings is 1. The van der Waals surface area contributed by atoms with E-state index >= 15 is 0 Å². The van der Waals surface area contributed by atoms with Crippen molar-refractivity contribution in [2.45, 2.75) is 46.9 Å². The number of nitrogens with zero attached hydrogens (tertiary/aromatic N) is 1. The van der Waals surface area contributed by atoms with E-state index in [1.54, 1.807) is 15.9 Å². The summed E-state index contributed by atoms with van der Waals surface area (Å²) < 4.78 is 24.5. The summed E-state index contributed by atoms with van der Waals surface area (Å²) in [6.45, 7) is -0.0722. The van der Waals surface area contributed by atoms with E-state index in [1.807, 2.05) is 11.8 Å². The molecule has 3 aliphatic rings. The molecular formula is C23H23N3O4S4. The quantitative estimate of drug-likeness (QED) is 0.517. The molecule has 1 aromatic carbocycles. The molecule has 11 heteroatoms. The molecule has 3 heterocycles. The summed E-state index contributed by atoms with van der Waals surface area (Å²) in [5.74, 6) is 1.88. The number of sulfonamides is 1. The Labute approximate surface area is 209 Å². The molecule has 3 aromatic rings. The van der Waals surface area contributed by atoms with Gasteiger partial charge >= 0.3 is 4.87 Å². The molecule has 0 unspecified atom stereocenters. The number of amides is 1. The summed E-state index contributed by atoms with van der Waals surface area (Å²) in [6, 6.07) is 9.94. The summed E-state index contributed by atoms with van der Waals surface area (Å²) in [4.78, 5) is 28.2. The summed E-state index contributed by atoms with van der Waals surface area (Å²) in [5.41, 5.74) is 0.451. The Kier molecular flexibility index (Phi) is 5.53. The first kappa shape index (κ1) is 22.5. The number of aromatic nitrogens is 1. The van der Waals surface area contributed by atoms with Crippen LogP contribution in [0, 0.1) is 17.8 Å². The third-order valence-corrected chi connectivity index (χ3v) is 12.0. The van der Waals surface area contributed by atoms with E-state index in [9.17, 15) is 18.0 Å². The lowest BCUT2D eigenvalue weighted by molar-refractivity contribution is -0.116. The van der Waals surface area contributed by atoms with Crippen LogP contribution in [0.5, 0.6) is 0 Å². The molecule has 2 saturated carbocycles. The fourth-order valence-corrected chi connectivity index (χ4v) is 10.6. The third-order valence-electron chi connectivity index (χ3n) is 7.31. The Bertz CT molecular complexity index is 1410. The first-order chi connectivity index (χ1) is 16.3. The van der Waals surface area contributed by atoms with E-state index in [1.165, 1.54) is 59.7 Å². The summed E-state index contributed by atoms with van der Waals surface area (Å²) >= 11 is 4.85. The lowest BCUT2D eigenvalue weighted by atomic mass is 9.77. The number of anilines is 1. The fraction of sp³-hybridized carbons (Fsp3) is 0.391. The number of thiazole rings is 1. The molecule has 3 N–H and O–H groups in total. The molecular weight excluding hydrogens is 511 g/mol. The number of hydrogen-bond acceptors (Lipinski definition) is 7. The molecule has 1 aliphatic heterocycles. The Balaban J connectivity index is 1.29. The molecule has 2 aliphatic carbocycles. The van der Waals surface area contributed by atoms with Crippen molar-refractivity contribution in [2.75, 3.05) is 5.32 Å². The molecule has 178 valence electrons. The van der Waals surface area contributed by atoms with Gasteiger partial charge < -0.3 is 5.32 Å². The SMILES string of the molecule is NS(=O)(=O)c1ccc(NC(=O)Cn2c3c(sc2=O)[C@@H](c2cccs2)[C@@H]2[C@H]4CC[C@@H](C4)[C@H]2S3)cc1. The zero-order chi connectivity index (χ0) is 23.6. The van der Waals surface area contributed by atoms with Crippen LogP contribution in [-0.4, -0.2) is 24.1 Å². The van der Waals surface area contributed by atoms with Gasteiger partial charge in [-0.1, -0.05) is 17.4 Å². The monoisotopic (exact) mass is 533 g/mol. The van der Waals surface area contributed by atoms with Gasteiger partial charge in [0.25, 0.3) is 0 Å². The number of rotatable bonds is 5. The molecule has 5 atom stereocenters. The highest BCUT2D eigenvalue weighted by atomic mass is 32.2. The minimum Gasteiger partial charge on any atom is -0.325 e. The first-order valence-electron chi connectivity index (χ1n) is 11.2. The van der Waals surface area contributed by atoms with Gasteiger partial charge in [0.05, 0.1) is 9.92 Å². The van der Waals surface area contributed by atoms with Crippen LogP contribution in [0.2, 0.25) is 0 Å². The summed E-state index contributed by atoms with van der Waals surface area (Å²) in [7, 11) is -3.80. The number of carbonyl (C=O) groups is 1. The number of fused-ring (bicyclic) bond motifs is 6. The number of nitrogens with one attached hydrogen (secondary N) is 1. The highest BCUT2D eigenvalue weighted by Crippen LogP contribution is 2.64. The fourth-order valence-electron chi connectivity index (χ4n) is 5.95. The number of thioether (sulfide) groups is 1. The van der Waals surface area contributed by atoms with Gasteiger partial charge in [0.1, 0.15) is 6.54 Å². The number of nitrogens with two attached hydrogens (primary N) is 1. The van der Waals surface area contributed by atoms with Crippen molar-refractivity contribution in [2.24, 2.45) is 22.9 Å². The lowest BCUT2D eigenvalue weighted by Crippen LogP contribution is -2.34. The minimum absolute atomic E-state index is 0.0231. The van der Waals surface area contributed by atoms with Crippen LogP contribution in [0.4, 0.5) is 5.69 Å². The van der Waals surface area contributed by atoms with Crippen LogP contribution in [0.25, 0.3) is 0 Å². The van der Waals surface area contributed by atoms with Gasteiger partial charge in [0, 0.05) is 26.6 Å². The number of thiophene rings is 1. The predicted octanol–water partition coefficient (Wildman–Crippen LogP) is 3.91. The van der Waals surface area contributed by atoms with Gasteiger partial charge in [-0.3, -0.25) is 14.2 Å². The van der Waals surface area contributed by atoms with Gasteiger partial charge in [0.15, 0.2) is 0 Å². The molecule has 2 bridgehead atoms. The van der Waals surface area contributed by atoms with Crippen molar-refractivity contribution in [3.8, 4) is 0 Å². The summed E-state index contributed by atoms with van der Waals surface area (Å²) in [6.07, 6.45) is 3.82. The Morgan fingerprint density at radius 2 is 1.91 bits per heavy atom. The van der Waals surface area contributed by atoms with Crippen molar-refractivity contribution in [1.82, 2.24) is 4.57 Å². The maximum Gasteiger partial charge on any atom is 0.308 e. The Morgan fingerprint density at radius 1 is 1.15 bits per heavy atom. The zero-order valence-electron chi connectivity index (χ0n) is 18.0. The zero-order valence-corrected chi connectivity index (χ0v) is 21.3. The number of primary sulfonamides is 1. The van der Waals surface area contributed by atoms with Gasteiger partial charge in [-0.15, -0.1) is 23.1 Å². The van der Waals surface area contributed by atoms with E-state index < -0.39 is 10.0 Å². The smallest absolute Gasteiger partial charge is 0.308 e. The van der Waals surface area contributed by atoms with Gasteiger partial charge in [0.2, 0.25) is 15.9 Å². The number of carbonyl (C=O) groups excluding carboxylic acids is 1. The normalized spacial score (nSPS) is 27.4. The molecule has 0 spiro atoms. The summed E-state index contributed by atoms with van der Waals surface area (Å²) in [5, 5.41) is 11.4. The van der Waals surface area contributed by atoms with Crippen LogP contribution < -0.4 is 15.3 Å². The van der Waals surface area contributed by atoms with E-state index in [4.69, 9.17) is 5.14 Å². The number of hydrogen-bond donors (Lipinski definition) is 2. The standard InChI is InChI=1S/C23H23N3O4S4/c24-34(29,30)15-7-5-14(6-8-15)25-17(27)11-26-22-21(33-23(26)28)19(16-2-1-9-31-16)18-12-3-4-13(10-12)20(18)32-22/h1-2,5-9,12-13,18-20H,3-4,10-11H2,(H,25,27)(H2,24,29,30)/t12-,13-,18-,19-,20+/m0/s1. The van der Waals surface area contributed by atoms with Crippen LogP contribution >= 0.6 is 34.4 Å². The molecule has 7 nitrogen and oxygen atoms in total. The van der Waals surface area contributed by atoms with Crippen molar-refractivity contribution in [1.29, 1.82) is 0 Å². The average Bonchev–Trinajstić information content (AvgIpc) is 3.58. The largest absolute Gasteiger partial charge is 0.325 e. The molecule has 0 saturated heterocycles. The predicted molar refractivity (Wildman–Crippen MR) is 135 cm³/mol. The highest BCUT2D eigenvalue weighted by molar-refractivity contribution is 8.00. The first-order valence-corrected chi connectivity index (χ1v) is 15.3. The van der Waals surface area contributed by atoms with E-state index in [0.717, 1.165) is 15.8 Å². The van der Waals surface area contributed by atoms with Crippen LogP contribution in [0.15, 0.2) is 56.5 Å². The second-order valence-electron chi connectivity index (χ2n) is 9.23. The molecule has 34 heavy (non-hydrogen) atoms. The lowest BCUT2D eigenvalue weighted by Gasteiger charge is -2.40.